The summed E-state index contributed by atoms with van der Waals surface area (Å²) in [4.78, 5) is 2.98. The number of phenols is 1. The first-order chi connectivity index (χ1) is 6.20. The Hall–Kier alpha value is -1.48. The topological polar surface area (TPSA) is 56.2 Å². The molecule has 0 saturated carbocycles. The van der Waals surface area contributed by atoms with Crippen LogP contribution in [0.5, 0.6) is 5.75 Å². The molecule has 1 unspecified atom stereocenters. The fraction of sp³-hybridized carbons (Fsp3) is 0.200. The van der Waals surface area contributed by atoms with E-state index < -0.39 is 6.10 Å². The summed E-state index contributed by atoms with van der Waals surface area (Å²) in [6.45, 7) is 1.63. The highest BCUT2D eigenvalue weighted by atomic mass is 16.3. The zero-order valence-corrected chi connectivity index (χ0v) is 7.28. The summed E-state index contributed by atoms with van der Waals surface area (Å²) in [5, 5.41) is 19.8. The van der Waals surface area contributed by atoms with Gasteiger partial charge in [0.25, 0.3) is 0 Å². The lowest BCUT2D eigenvalue weighted by molar-refractivity contribution is 0.195. The van der Waals surface area contributed by atoms with E-state index in [1.807, 2.05) is 6.07 Å². The molecule has 0 aliphatic rings. The molecule has 0 saturated heterocycles. The van der Waals surface area contributed by atoms with Crippen LogP contribution in [0.1, 0.15) is 18.6 Å². The van der Waals surface area contributed by atoms with Crippen LogP contribution < -0.4 is 0 Å². The van der Waals surface area contributed by atoms with Gasteiger partial charge in [0, 0.05) is 22.7 Å². The number of phenolic OH excluding ortho intramolecular Hbond substituents is 1. The number of H-pyrrole nitrogens is 1. The van der Waals surface area contributed by atoms with Crippen LogP contribution in [0.4, 0.5) is 0 Å². The normalized spacial score (nSPS) is 13.4. The molecule has 1 aromatic carbocycles. The van der Waals surface area contributed by atoms with Crippen molar-refractivity contribution in [1.82, 2.24) is 4.98 Å². The molecule has 0 radical (unpaired) electrons. The summed E-state index contributed by atoms with van der Waals surface area (Å²) in [6, 6.07) is 5.35. The summed E-state index contributed by atoms with van der Waals surface area (Å²) in [7, 11) is 0. The average Bonchev–Trinajstić information content (AvgIpc) is 2.52. The molecule has 1 aromatic heterocycles. The van der Waals surface area contributed by atoms with Gasteiger partial charge in [0.05, 0.1) is 6.10 Å². The lowest BCUT2D eigenvalue weighted by Crippen LogP contribution is -1.91. The number of hydrogen-bond acceptors (Lipinski definition) is 2. The molecule has 2 rings (SSSR count). The van der Waals surface area contributed by atoms with Crippen LogP contribution in [0, 0.1) is 0 Å². The SMILES string of the molecule is CC(O)c1ccc2[nH]ccc2c1O. The maximum Gasteiger partial charge on any atom is 0.130 e. The minimum absolute atomic E-state index is 0.161. The van der Waals surface area contributed by atoms with E-state index >= 15 is 0 Å². The highest BCUT2D eigenvalue weighted by molar-refractivity contribution is 5.86. The molecule has 0 amide bonds. The molecule has 2 aromatic rings. The van der Waals surface area contributed by atoms with Crippen LogP contribution in [0.2, 0.25) is 0 Å². The summed E-state index contributed by atoms with van der Waals surface area (Å²) in [5.41, 5.74) is 1.44. The van der Waals surface area contributed by atoms with Crippen molar-refractivity contribution in [3.8, 4) is 5.75 Å². The fourth-order valence-corrected chi connectivity index (χ4v) is 1.47. The number of aromatic amines is 1. The van der Waals surface area contributed by atoms with Gasteiger partial charge in [0.1, 0.15) is 5.75 Å². The number of hydrogen-bond donors (Lipinski definition) is 3. The number of aliphatic hydroxyl groups excluding tert-OH is 1. The Bertz CT molecular complexity index is 431. The maximum absolute atomic E-state index is 9.73. The van der Waals surface area contributed by atoms with Gasteiger partial charge in [-0.25, -0.2) is 0 Å². The molecule has 0 aliphatic heterocycles. The first-order valence-corrected chi connectivity index (χ1v) is 4.17. The van der Waals surface area contributed by atoms with Crippen LogP contribution in [-0.4, -0.2) is 15.2 Å². The summed E-state index contributed by atoms with van der Waals surface area (Å²) in [6.07, 6.45) is 1.12. The molecule has 0 bridgehead atoms. The van der Waals surface area contributed by atoms with Gasteiger partial charge in [-0.2, -0.15) is 0 Å². The van der Waals surface area contributed by atoms with Gasteiger partial charge < -0.3 is 15.2 Å². The molecular weight excluding hydrogens is 166 g/mol. The zero-order valence-electron chi connectivity index (χ0n) is 7.28. The van der Waals surface area contributed by atoms with Gasteiger partial charge in [-0.1, -0.05) is 6.07 Å². The van der Waals surface area contributed by atoms with E-state index in [0.717, 1.165) is 10.9 Å². The predicted octanol–water partition coefficient (Wildman–Crippen LogP) is 1.93. The van der Waals surface area contributed by atoms with Crippen molar-refractivity contribution in [2.45, 2.75) is 13.0 Å². The molecular formula is C10H11NO2. The molecule has 13 heavy (non-hydrogen) atoms. The van der Waals surface area contributed by atoms with Gasteiger partial charge in [-0.05, 0) is 19.1 Å². The van der Waals surface area contributed by atoms with Crippen molar-refractivity contribution in [3.05, 3.63) is 30.0 Å². The number of benzene rings is 1. The first kappa shape index (κ1) is 8.13. The van der Waals surface area contributed by atoms with E-state index in [1.165, 1.54) is 0 Å². The van der Waals surface area contributed by atoms with Crippen LogP contribution in [0.25, 0.3) is 10.9 Å². The number of aromatic nitrogens is 1. The Balaban J connectivity index is 2.73. The standard InChI is InChI=1S/C10H11NO2/c1-6(12)7-2-3-9-8(10(7)13)4-5-11-9/h2-6,11-13H,1H3. The summed E-state index contributed by atoms with van der Waals surface area (Å²) < 4.78 is 0. The monoisotopic (exact) mass is 177 g/mol. The second kappa shape index (κ2) is 2.78. The Labute approximate surface area is 75.6 Å². The molecule has 3 N–H and O–H groups in total. The molecule has 68 valence electrons. The summed E-state index contributed by atoms with van der Waals surface area (Å²) >= 11 is 0. The van der Waals surface area contributed by atoms with Crippen molar-refractivity contribution in [1.29, 1.82) is 0 Å². The van der Waals surface area contributed by atoms with Gasteiger partial charge >= 0.3 is 0 Å². The molecule has 0 aliphatic carbocycles. The molecule has 1 heterocycles. The van der Waals surface area contributed by atoms with E-state index in [2.05, 4.69) is 4.98 Å². The van der Waals surface area contributed by atoms with Crippen molar-refractivity contribution < 1.29 is 10.2 Å². The maximum atomic E-state index is 9.73. The van der Waals surface area contributed by atoms with E-state index in [1.54, 1.807) is 25.3 Å². The van der Waals surface area contributed by atoms with E-state index in [9.17, 15) is 10.2 Å². The number of aromatic hydroxyl groups is 1. The Morgan fingerprint density at radius 2 is 2.08 bits per heavy atom. The van der Waals surface area contributed by atoms with Crippen molar-refractivity contribution in [3.63, 3.8) is 0 Å². The van der Waals surface area contributed by atoms with Gasteiger partial charge in [-0.15, -0.1) is 0 Å². The second-order valence-electron chi connectivity index (χ2n) is 3.12. The number of aliphatic hydroxyl groups is 1. The van der Waals surface area contributed by atoms with Crippen LogP contribution >= 0.6 is 0 Å². The quantitative estimate of drug-likeness (QED) is 0.623. The first-order valence-electron chi connectivity index (χ1n) is 4.17. The third kappa shape index (κ3) is 1.17. The predicted molar refractivity (Wildman–Crippen MR) is 50.6 cm³/mol. The Morgan fingerprint density at radius 3 is 2.77 bits per heavy atom. The van der Waals surface area contributed by atoms with Gasteiger partial charge in [0.2, 0.25) is 0 Å². The minimum Gasteiger partial charge on any atom is -0.507 e. The van der Waals surface area contributed by atoms with E-state index in [4.69, 9.17) is 0 Å². The third-order valence-electron chi connectivity index (χ3n) is 2.19. The van der Waals surface area contributed by atoms with Crippen molar-refractivity contribution in [2.24, 2.45) is 0 Å². The van der Waals surface area contributed by atoms with E-state index in [-0.39, 0.29) is 5.75 Å². The summed E-state index contributed by atoms with van der Waals surface area (Å²) in [5.74, 6) is 0.161. The van der Waals surface area contributed by atoms with Crippen molar-refractivity contribution >= 4 is 10.9 Å². The van der Waals surface area contributed by atoms with E-state index in [0.29, 0.717) is 5.56 Å². The minimum atomic E-state index is -0.640. The highest BCUT2D eigenvalue weighted by Crippen LogP contribution is 2.31. The number of nitrogens with one attached hydrogen (secondary N) is 1. The molecule has 1 atom stereocenters. The third-order valence-corrected chi connectivity index (χ3v) is 2.19. The van der Waals surface area contributed by atoms with Crippen LogP contribution in [0.3, 0.4) is 0 Å². The van der Waals surface area contributed by atoms with Gasteiger partial charge in [0.15, 0.2) is 0 Å². The van der Waals surface area contributed by atoms with Crippen LogP contribution in [-0.2, 0) is 0 Å². The largest absolute Gasteiger partial charge is 0.507 e. The lowest BCUT2D eigenvalue weighted by atomic mass is 10.1. The lowest BCUT2D eigenvalue weighted by Gasteiger charge is -2.07. The average molecular weight is 177 g/mol. The molecule has 3 heteroatoms. The number of fused-ring (bicyclic) bond motifs is 1. The molecule has 0 fully saturated rings. The zero-order chi connectivity index (χ0) is 9.42. The van der Waals surface area contributed by atoms with Crippen molar-refractivity contribution in [2.75, 3.05) is 0 Å². The molecule has 0 spiro atoms. The second-order valence-corrected chi connectivity index (χ2v) is 3.12. The smallest absolute Gasteiger partial charge is 0.130 e. The Morgan fingerprint density at radius 1 is 1.31 bits per heavy atom. The highest BCUT2D eigenvalue weighted by Gasteiger charge is 2.10. The fourth-order valence-electron chi connectivity index (χ4n) is 1.47. The number of rotatable bonds is 1. The van der Waals surface area contributed by atoms with Crippen LogP contribution in [0.15, 0.2) is 24.4 Å². The Kier molecular flexibility index (Phi) is 1.74. The molecule has 3 nitrogen and oxygen atoms in total. The van der Waals surface area contributed by atoms with Gasteiger partial charge in [-0.3, -0.25) is 0 Å².